The van der Waals surface area contributed by atoms with Crippen molar-refractivity contribution in [1.29, 1.82) is 5.26 Å². The van der Waals surface area contributed by atoms with Crippen molar-refractivity contribution < 1.29 is 9.47 Å². The summed E-state index contributed by atoms with van der Waals surface area (Å²) >= 11 is 0. The maximum Gasteiger partial charge on any atom is 0.119 e. The van der Waals surface area contributed by atoms with Crippen LogP contribution in [0.1, 0.15) is 18.4 Å². The van der Waals surface area contributed by atoms with E-state index in [0.29, 0.717) is 12.2 Å². The molecule has 24 heavy (non-hydrogen) atoms. The quantitative estimate of drug-likeness (QED) is 0.625. The fourth-order valence-corrected chi connectivity index (χ4v) is 2.30. The highest BCUT2D eigenvalue weighted by atomic mass is 16.5. The Balaban J connectivity index is 1.51. The maximum atomic E-state index is 8.75. The molecule has 0 aliphatic carbocycles. The maximum absolute atomic E-state index is 8.75. The zero-order valence-corrected chi connectivity index (χ0v) is 14.1. The molecular formula is C20H24N2O2. The highest BCUT2D eigenvalue weighted by Crippen LogP contribution is 2.12. The number of nitrogens with zero attached hydrogens (tertiary/aromatic N) is 2. The molecule has 0 aliphatic rings. The summed E-state index contributed by atoms with van der Waals surface area (Å²) in [6.45, 7) is 3.40. The third-order valence-corrected chi connectivity index (χ3v) is 3.63. The SMILES string of the molecule is CN(CCCOc1ccccc1)CCCOc1ccc(C#N)cc1. The summed E-state index contributed by atoms with van der Waals surface area (Å²) in [5, 5.41) is 8.75. The summed E-state index contributed by atoms with van der Waals surface area (Å²) in [6, 6.07) is 19.2. The van der Waals surface area contributed by atoms with Gasteiger partial charge in [0.15, 0.2) is 0 Å². The van der Waals surface area contributed by atoms with Gasteiger partial charge in [0.1, 0.15) is 11.5 Å². The Hall–Kier alpha value is -2.51. The van der Waals surface area contributed by atoms with Crippen molar-refractivity contribution in [2.24, 2.45) is 0 Å². The van der Waals surface area contributed by atoms with E-state index in [1.54, 1.807) is 12.1 Å². The minimum absolute atomic E-state index is 0.653. The first-order valence-electron chi connectivity index (χ1n) is 8.27. The lowest BCUT2D eigenvalue weighted by Gasteiger charge is -2.16. The van der Waals surface area contributed by atoms with Gasteiger partial charge in [0.2, 0.25) is 0 Å². The average Bonchev–Trinajstić information content (AvgIpc) is 2.64. The van der Waals surface area contributed by atoms with E-state index in [1.807, 2.05) is 42.5 Å². The van der Waals surface area contributed by atoms with Gasteiger partial charge in [-0.3, -0.25) is 0 Å². The van der Waals surface area contributed by atoms with Crippen LogP contribution in [0, 0.1) is 11.3 Å². The molecule has 2 aromatic rings. The highest BCUT2D eigenvalue weighted by Gasteiger charge is 2.00. The van der Waals surface area contributed by atoms with Crippen LogP contribution >= 0.6 is 0 Å². The van der Waals surface area contributed by atoms with Crippen LogP contribution in [-0.4, -0.2) is 38.3 Å². The zero-order chi connectivity index (χ0) is 17.0. The Bertz CT molecular complexity index is 620. The van der Waals surface area contributed by atoms with Gasteiger partial charge < -0.3 is 14.4 Å². The lowest BCUT2D eigenvalue weighted by Crippen LogP contribution is -2.23. The molecule has 0 saturated heterocycles. The molecule has 0 aliphatic heterocycles. The summed E-state index contributed by atoms with van der Waals surface area (Å²) in [7, 11) is 2.12. The van der Waals surface area contributed by atoms with Gasteiger partial charge in [-0.2, -0.15) is 5.26 Å². The molecule has 2 aromatic carbocycles. The molecule has 0 aromatic heterocycles. The van der Waals surface area contributed by atoms with Crippen molar-refractivity contribution in [3.63, 3.8) is 0 Å². The molecule has 4 heteroatoms. The predicted octanol–water partition coefficient (Wildman–Crippen LogP) is 3.73. The number of hydrogen-bond acceptors (Lipinski definition) is 4. The van der Waals surface area contributed by atoms with Gasteiger partial charge in [-0.25, -0.2) is 0 Å². The van der Waals surface area contributed by atoms with Crippen molar-refractivity contribution >= 4 is 0 Å². The second-order valence-electron chi connectivity index (χ2n) is 5.66. The van der Waals surface area contributed by atoms with Crippen LogP contribution in [0.2, 0.25) is 0 Å². The van der Waals surface area contributed by atoms with E-state index in [4.69, 9.17) is 14.7 Å². The molecule has 0 N–H and O–H groups in total. The first kappa shape index (κ1) is 17.8. The second kappa shape index (κ2) is 10.3. The Morgan fingerprint density at radius 1 is 0.833 bits per heavy atom. The highest BCUT2D eigenvalue weighted by molar-refractivity contribution is 5.34. The number of nitriles is 1. The molecule has 0 heterocycles. The fraction of sp³-hybridized carbons (Fsp3) is 0.350. The summed E-state index contributed by atoms with van der Waals surface area (Å²) < 4.78 is 11.4. The van der Waals surface area contributed by atoms with E-state index in [0.717, 1.165) is 44.0 Å². The lowest BCUT2D eigenvalue weighted by molar-refractivity contribution is 0.239. The van der Waals surface area contributed by atoms with E-state index >= 15 is 0 Å². The molecule has 0 bridgehead atoms. The number of ether oxygens (including phenoxy) is 2. The van der Waals surface area contributed by atoms with Gasteiger partial charge in [-0.05, 0) is 56.3 Å². The van der Waals surface area contributed by atoms with Crippen LogP contribution in [-0.2, 0) is 0 Å². The van der Waals surface area contributed by atoms with E-state index < -0.39 is 0 Å². The summed E-state index contributed by atoms with van der Waals surface area (Å²) in [6.07, 6.45) is 1.97. The molecule has 0 atom stereocenters. The average molecular weight is 324 g/mol. The Labute approximate surface area is 144 Å². The van der Waals surface area contributed by atoms with Crippen molar-refractivity contribution in [3.05, 3.63) is 60.2 Å². The van der Waals surface area contributed by atoms with Gasteiger partial charge in [-0.15, -0.1) is 0 Å². The van der Waals surface area contributed by atoms with E-state index in [2.05, 4.69) is 18.0 Å². The fourth-order valence-electron chi connectivity index (χ4n) is 2.30. The van der Waals surface area contributed by atoms with Gasteiger partial charge in [-0.1, -0.05) is 18.2 Å². The third-order valence-electron chi connectivity index (χ3n) is 3.63. The number of rotatable bonds is 10. The molecule has 0 amide bonds. The van der Waals surface area contributed by atoms with E-state index in [1.165, 1.54) is 0 Å². The Kier molecular flexibility index (Phi) is 7.66. The van der Waals surface area contributed by atoms with Gasteiger partial charge in [0.05, 0.1) is 24.8 Å². The summed E-state index contributed by atoms with van der Waals surface area (Å²) in [5.74, 6) is 1.74. The number of benzene rings is 2. The number of hydrogen-bond donors (Lipinski definition) is 0. The molecule has 0 saturated carbocycles. The van der Waals surface area contributed by atoms with Crippen molar-refractivity contribution in [1.82, 2.24) is 4.90 Å². The van der Waals surface area contributed by atoms with Gasteiger partial charge >= 0.3 is 0 Å². The Morgan fingerprint density at radius 3 is 1.92 bits per heavy atom. The Morgan fingerprint density at radius 2 is 1.38 bits per heavy atom. The normalized spacial score (nSPS) is 10.4. The van der Waals surface area contributed by atoms with Crippen LogP contribution in [0.15, 0.2) is 54.6 Å². The monoisotopic (exact) mass is 324 g/mol. The lowest BCUT2D eigenvalue weighted by atomic mass is 10.2. The third kappa shape index (κ3) is 6.72. The van der Waals surface area contributed by atoms with Gasteiger partial charge in [0.25, 0.3) is 0 Å². The van der Waals surface area contributed by atoms with Crippen LogP contribution in [0.4, 0.5) is 0 Å². The van der Waals surface area contributed by atoms with Crippen LogP contribution in [0.3, 0.4) is 0 Å². The molecular weight excluding hydrogens is 300 g/mol. The van der Waals surface area contributed by atoms with Crippen LogP contribution in [0.5, 0.6) is 11.5 Å². The van der Waals surface area contributed by atoms with Crippen LogP contribution in [0.25, 0.3) is 0 Å². The molecule has 126 valence electrons. The second-order valence-corrected chi connectivity index (χ2v) is 5.66. The molecule has 0 radical (unpaired) electrons. The minimum atomic E-state index is 0.653. The summed E-state index contributed by atoms with van der Waals surface area (Å²) in [5.41, 5.74) is 0.653. The van der Waals surface area contributed by atoms with Crippen molar-refractivity contribution in [2.45, 2.75) is 12.8 Å². The number of para-hydroxylation sites is 1. The topological polar surface area (TPSA) is 45.5 Å². The molecule has 0 fully saturated rings. The minimum Gasteiger partial charge on any atom is -0.494 e. The molecule has 2 rings (SSSR count). The smallest absolute Gasteiger partial charge is 0.119 e. The van der Waals surface area contributed by atoms with Gasteiger partial charge in [0, 0.05) is 13.1 Å². The molecule has 0 unspecified atom stereocenters. The predicted molar refractivity (Wildman–Crippen MR) is 95.3 cm³/mol. The summed E-state index contributed by atoms with van der Waals surface area (Å²) in [4.78, 5) is 2.29. The van der Waals surface area contributed by atoms with E-state index in [-0.39, 0.29) is 0 Å². The van der Waals surface area contributed by atoms with Crippen LogP contribution < -0.4 is 9.47 Å². The molecule has 0 spiro atoms. The molecule has 4 nitrogen and oxygen atoms in total. The van der Waals surface area contributed by atoms with Crippen molar-refractivity contribution in [2.75, 3.05) is 33.4 Å². The van der Waals surface area contributed by atoms with E-state index in [9.17, 15) is 0 Å². The standard InChI is InChI=1S/C20H24N2O2/c1-22(13-5-15-23-19-7-3-2-4-8-19)14-6-16-24-20-11-9-18(17-21)10-12-20/h2-4,7-12H,5-6,13-16H2,1H3. The van der Waals surface area contributed by atoms with Crippen molar-refractivity contribution in [3.8, 4) is 17.6 Å². The first-order chi connectivity index (χ1) is 11.8. The zero-order valence-electron chi connectivity index (χ0n) is 14.1. The first-order valence-corrected chi connectivity index (χ1v) is 8.27. The largest absolute Gasteiger partial charge is 0.494 e.